The number of nitrogen functional groups attached to an aromatic ring is 1. The van der Waals surface area contributed by atoms with Crippen molar-refractivity contribution in [3.63, 3.8) is 0 Å². The molecule has 0 radical (unpaired) electrons. The Morgan fingerprint density at radius 3 is 2.74 bits per heavy atom. The first-order valence-corrected chi connectivity index (χ1v) is 6.66. The summed E-state index contributed by atoms with van der Waals surface area (Å²) in [6, 6.07) is 3.90. The van der Waals surface area contributed by atoms with Crippen molar-refractivity contribution in [3.05, 3.63) is 17.7 Å². The Balaban J connectivity index is 2.39. The van der Waals surface area contributed by atoms with Crippen molar-refractivity contribution in [1.29, 1.82) is 0 Å². The fourth-order valence-electron chi connectivity index (χ4n) is 2.17. The molecule has 0 bridgehead atoms. The van der Waals surface area contributed by atoms with Gasteiger partial charge in [-0.15, -0.1) is 0 Å². The van der Waals surface area contributed by atoms with Crippen molar-refractivity contribution in [1.82, 2.24) is 0 Å². The first kappa shape index (κ1) is 13.7. The monoisotopic (exact) mass is 262 g/mol. The molecule has 0 saturated heterocycles. The van der Waals surface area contributed by atoms with E-state index in [1.54, 1.807) is 0 Å². The highest BCUT2D eigenvalue weighted by Crippen LogP contribution is 2.38. The van der Waals surface area contributed by atoms with Crippen molar-refractivity contribution in [2.45, 2.75) is 34.1 Å². The summed E-state index contributed by atoms with van der Waals surface area (Å²) in [4.78, 5) is 12.1. The summed E-state index contributed by atoms with van der Waals surface area (Å²) in [6.45, 7) is 8.36. The Kier molecular flexibility index (Phi) is 3.43. The maximum atomic E-state index is 12.1. The van der Waals surface area contributed by atoms with Crippen LogP contribution in [0.5, 0.6) is 5.75 Å². The van der Waals surface area contributed by atoms with Crippen LogP contribution in [0.2, 0.25) is 0 Å². The second-order valence-electron chi connectivity index (χ2n) is 6.29. The minimum atomic E-state index is -0.552. The van der Waals surface area contributed by atoms with Gasteiger partial charge < -0.3 is 15.8 Å². The third kappa shape index (κ3) is 2.83. The molecular formula is C15H22N2O2. The van der Waals surface area contributed by atoms with Gasteiger partial charge in [0.15, 0.2) is 5.75 Å². The van der Waals surface area contributed by atoms with Gasteiger partial charge in [0.2, 0.25) is 5.91 Å². The predicted molar refractivity (Wildman–Crippen MR) is 77.3 cm³/mol. The summed E-state index contributed by atoms with van der Waals surface area (Å²) in [5, 5.41) is 2.92. The number of benzene rings is 1. The normalized spacial score (nSPS) is 17.4. The van der Waals surface area contributed by atoms with Crippen LogP contribution in [0.3, 0.4) is 0 Å². The average Bonchev–Trinajstić information content (AvgIpc) is 2.36. The van der Waals surface area contributed by atoms with Gasteiger partial charge in [-0.05, 0) is 43.9 Å². The highest BCUT2D eigenvalue weighted by molar-refractivity contribution is 5.98. The van der Waals surface area contributed by atoms with Crippen LogP contribution in [0.15, 0.2) is 12.1 Å². The first-order valence-electron chi connectivity index (χ1n) is 6.66. The maximum Gasteiger partial charge on any atom is 0.233 e. The second-order valence-corrected chi connectivity index (χ2v) is 6.29. The molecule has 1 amide bonds. The van der Waals surface area contributed by atoms with E-state index in [2.05, 4.69) is 19.2 Å². The van der Waals surface area contributed by atoms with Crippen molar-refractivity contribution < 1.29 is 9.53 Å². The zero-order chi connectivity index (χ0) is 14.2. The minimum Gasteiger partial charge on any atom is -0.488 e. The predicted octanol–water partition coefficient (Wildman–Crippen LogP) is 2.82. The molecule has 2 rings (SSSR count). The Bertz CT molecular complexity index is 507. The Hall–Kier alpha value is -1.71. The van der Waals surface area contributed by atoms with E-state index in [1.165, 1.54) is 0 Å². The number of fused-ring (bicyclic) bond motifs is 1. The largest absolute Gasteiger partial charge is 0.488 e. The van der Waals surface area contributed by atoms with Gasteiger partial charge in [-0.25, -0.2) is 0 Å². The SMILES string of the molecule is CC(C)Cc1cc(N)c2c(c1)NC(=O)C(C)(C)CO2. The van der Waals surface area contributed by atoms with Gasteiger partial charge in [0.25, 0.3) is 0 Å². The van der Waals surface area contributed by atoms with Crippen LogP contribution in [0.4, 0.5) is 11.4 Å². The molecule has 0 saturated carbocycles. The van der Waals surface area contributed by atoms with Crippen molar-refractivity contribution in [2.24, 2.45) is 11.3 Å². The molecule has 0 unspecified atom stereocenters. The van der Waals surface area contributed by atoms with E-state index in [0.717, 1.165) is 12.0 Å². The van der Waals surface area contributed by atoms with Crippen LogP contribution < -0.4 is 15.8 Å². The average molecular weight is 262 g/mol. The van der Waals surface area contributed by atoms with Gasteiger partial charge >= 0.3 is 0 Å². The summed E-state index contributed by atoms with van der Waals surface area (Å²) >= 11 is 0. The number of amides is 1. The zero-order valence-corrected chi connectivity index (χ0v) is 12.0. The molecule has 1 aliphatic rings. The van der Waals surface area contributed by atoms with E-state index < -0.39 is 5.41 Å². The van der Waals surface area contributed by atoms with E-state index in [0.29, 0.717) is 29.6 Å². The molecule has 1 heterocycles. The number of carbonyl (C=O) groups is 1. The van der Waals surface area contributed by atoms with Gasteiger partial charge in [0.05, 0.1) is 16.8 Å². The zero-order valence-electron chi connectivity index (χ0n) is 12.0. The molecule has 19 heavy (non-hydrogen) atoms. The Morgan fingerprint density at radius 1 is 1.42 bits per heavy atom. The number of ether oxygens (including phenoxy) is 1. The van der Waals surface area contributed by atoms with Gasteiger partial charge in [-0.2, -0.15) is 0 Å². The number of nitrogens with two attached hydrogens (primary N) is 1. The molecular weight excluding hydrogens is 240 g/mol. The molecule has 0 fully saturated rings. The molecule has 4 nitrogen and oxygen atoms in total. The lowest BCUT2D eigenvalue weighted by Gasteiger charge is -2.18. The van der Waals surface area contributed by atoms with Crippen LogP contribution in [0.1, 0.15) is 33.3 Å². The van der Waals surface area contributed by atoms with Gasteiger partial charge in [-0.1, -0.05) is 13.8 Å². The highest BCUT2D eigenvalue weighted by Gasteiger charge is 2.33. The van der Waals surface area contributed by atoms with Crippen LogP contribution in [0.25, 0.3) is 0 Å². The number of nitrogens with one attached hydrogen (secondary N) is 1. The summed E-state index contributed by atoms with van der Waals surface area (Å²) in [5.74, 6) is 1.09. The number of hydrogen-bond acceptors (Lipinski definition) is 3. The fraction of sp³-hybridized carbons (Fsp3) is 0.533. The van der Waals surface area contributed by atoms with Gasteiger partial charge in [0.1, 0.15) is 6.61 Å². The van der Waals surface area contributed by atoms with Gasteiger partial charge in [-0.3, -0.25) is 4.79 Å². The lowest BCUT2D eigenvalue weighted by molar-refractivity contribution is -0.124. The molecule has 104 valence electrons. The third-order valence-corrected chi connectivity index (χ3v) is 3.26. The van der Waals surface area contributed by atoms with Crippen LogP contribution in [-0.4, -0.2) is 12.5 Å². The summed E-state index contributed by atoms with van der Waals surface area (Å²) in [5.41, 5.74) is 7.89. The van der Waals surface area contributed by atoms with Crippen LogP contribution in [0, 0.1) is 11.3 Å². The summed E-state index contributed by atoms with van der Waals surface area (Å²) in [6.07, 6.45) is 0.927. The molecule has 1 aliphatic heterocycles. The van der Waals surface area contributed by atoms with Crippen molar-refractivity contribution >= 4 is 17.3 Å². The summed E-state index contributed by atoms with van der Waals surface area (Å²) in [7, 11) is 0. The molecule has 0 spiro atoms. The second kappa shape index (κ2) is 4.76. The van der Waals surface area contributed by atoms with Crippen LogP contribution >= 0.6 is 0 Å². The van der Waals surface area contributed by atoms with Crippen molar-refractivity contribution in [2.75, 3.05) is 17.7 Å². The Morgan fingerprint density at radius 2 is 2.11 bits per heavy atom. The molecule has 0 atom stereocenters. The van der Waals surface area contributed by atoms with E-state index in [4.69, 9.17) is 10.5 Å². The summed E-state index contributed by atoms with van der Waals surface area (Å²) < 4.78 is 5.72. The smallest absolute Gasteiger partial charge is 0.233 e. The lowest BCUT2D eigenvalue weighted by atomic mass is 9.94. The number of rotatable bonds is 2. The minimum absolute atomic E-state index is 0.0349. The third-order valence-electron chi connectivity index (χ3n) is 3.26. The number of carbonyl (C=O) groups excluding carboxylic acids is 1. The lowest BCUT2D eigenvalue weighted by Crippen LogP contribution is -2.33. The fourth-order valence-corrected chi connectivity index (χ4v) is 2.17. The highest BCUT2D eigenvalue weighted by atomic mass is 16.5. The Labute approximate surface area is 114 Å². The van der Waals surface area contributed by atoms with E-state index in [1.807, 2.05) is 26.0 Å². The first-order chi connectivity index (χ1) is 8.79. The standard InChI is InChI=1S/C15H22N2O2/c1-9(2)5-10-6-11(16)13-12(7-10)17-14(18)15(3,4)8-19-13/h6-7,9H,5,8,16H2,1-4H3,(H,17,18). The molecule has 0 aliphatic carbocycles. The number of hydrogen-bond donors (Lipinski definition) is 2. The molecule has 1 aromatic rings. The van der Waals surface area contributed by atoms with Gasteiger partial charge in [0, 0.05) is 0 Å². The van der Waals surface area contributed by atoms with E-state index in [9.17, 15) is 4.79 Å². The molecule has 0 aromatic heterocycles. The van der Waals surface area contributed by atoms with Crippen molar-refractivity contribution in [3.8, 4) is 5.75 Å². The number of anilines is 2. The maximum absolute atomic E-state index is 12.1. The van der Waals surface area contributed by atoms with E-state index >= 15 is 0 Å². The topological polar surface area (TPSA) is 64.3 Å². The molecule has 3 N–H and O–H groups in total. The van der Waals surface area contributed by atoms with Crippen LogP contribution in [-0.2, 0) is 11.2 Å². The quantitative estimate of drug-likeness (QED) is 0.805. The van der Waals surface area contributed by atoms with E-state index in [-0.39, 0.29) is 5.91 Å². The molecule has 1 aromatic carbocycles. The molecule has 4 heteroatoms.